The van der Waals surface area contributed by atoms with Crippen LogP contribution in [0.15, 0.2) is 28.2 Å². The first kappa shape index (κ1) is 16.4. The molecule has 8 heteroatoms. The second kappa shape index (κ2) is 6.67. The van der Waals surface area contributed by atoms with Gasteiger partial charge in [0, 0.05) is 39.1 Å². The van der Waals surface area contributed by atoms with Crippen molar-refractivity contribution in [3.63, 3.8) is 0 Å². The molecule has 0 aliphatic heterocycles. The number of nitrogens with one attached hydrogen (secondary N) is 1. The molecule has 7 nitrogen and oxygen atoms in total. The van der Waals surface area contributed by atoms with Crippen molar-refractivity contribution in [3.05, 3.63) is 28.7 Å². The van der Waals surface area contributed by atoms with Crippen molar-refractivity contribution < 1.29 is 13.2 Å². The fourth-order valence-electron chi connectivity index (χ4n) is 1.57. The fourth-order valence-corrected chi connectivity index (χ4v) is 3.09. The topological polar surface area (TPSA) is 90.6 Å². The lowest BCUT2D eigenvalue weighted by Gasteiger charge is -2.22. The molecule has 1 rings (SSSR count). The Balaban J connectivity index is 3.16. The maximum atomic E-state index is 12.4. The Labute approximate surface area is 118 Å². The van der Waals surface area contributed by atoms with Crippen molar-refractivity contribution in [3.8, 4) is 0 Å². The van der Waals surface area contributed by atoms with E-state index in [1.807, 2.05) is 0 Å². The van der Waals surface area contributed by atoms with Gasteiger partial charge in [-0.05, 0) is 6.42 Å². The van der Waals surface area contributed by atoms with Crippen LogP contribution in [0.2, 0.25) is 0 Å². The van der Waals surface area contributed by atoms with Crippen LogP contribution < -0.4 is 5.43 Å². The van der Waals surface area contributed by atoms with Gasteiger partial charge in [-0.2, -0.15) is 4.31 Å². The summed E-state index contributed by atoms with van der Waals surface area (Å²) in [7, 11) is -0.880. The number of likely N-dealkylation sites (N-methyl/N-ethyl adjacent to an activating group) is 1. The summed E-state index contributed by atoms with van der Waals surface area (Å²) in [4.78, 5) is 26.9. The molecule has 0 aliphatic rings. The number of sulfonamides is 1. The van der Waals surface area contributed by atoms with Crippen LogP contribution in [0.1, 0.15) is 13.3 Å². The molecule has 0 radical (unpaired) electrons. The van der Waals surface area contributed by atoms with Gasteiger partial charge in [0.1, 0.15) is 4.90 Å². The molecule has 0 saturated carbocycles. The molecule has 0 saturated heterocycles. The van der Waals surface area contributed by atoms with Gasteiger partial charge in [0.2, 0.25) is 21.4 Å². The lowest BCUT2D eigenvalue weighted by molar-refractivity contribution is -0.128. The van der Waals surface area contributed by atoms with Crippen molar-refractivity contribution in [2.24, 2.45) is 0 Å². The largest absolute Gasteiger partial charge is 0.366 e. The first-order chi connectivity index (χ1) is 9.30. The van der Waals surface area contributed by atoms with Crippen molar-refractivity contribution in [2.75, 3.05) is 27.2 Å². The summed E-state index contributed by atoms with van der Waals surface area (Å²) in [5.74, 6) is -0.339. The van der Waals surface area contributed by atoms with E-state index in [0.717, 1.165) is 16.6 Å². The number of nitrogens with zero attached hydrogens (tertiary/aromatic N) is 2. The van der Waals surface area contributed by atoms with Crippen LogP contribution in [0.25, 0.3) is 0 Å². The van der Waals surface area contributed by atoms with E-state index in [-0.39, 0.29) is 23.9 Å². The van der Waals surface area contributed by atoms with Gasteiger partial charge >= 0.3 is 0 Å². The number of hydrogen-bond donors (Lipinski definition) is 1. The van der Waals surface area contributed by atoms with Crippen molar-refractivity contribution >= 4 is 15.9 Å². The van der Waals surface area contributed by atoms with Crippen LogP contribution in [0.3, 0.4) is 0 Å². The smallest absolute Gasteiger partial charge is 0.248 e. The molecule has 20 heavy (non-hydrogen) atoms. The summed E-state index contributed by atoms with van der Waals surface area (Å²) in [6.07, 6.45) is 3.04. The molecular formula is C12H19N3O4S. The number of carbonyl (C=O) groups is 1. The Kier molecular flexibility index (Phi) is 5.46. The predicted molar refractivity (Wildman–Crippen MR) is 74.8 cm³/mol. The normalized spacial score (nSPS) is 11.6. The SMILES string of the molecule is CCCN(CC(=O)N(C)C)S(=O)(=O)c1c[nH]ccc1=O. The van der Waals surface area contributed by atoms with E-state index in [4.69, 9.17) is 0 Å². The van der Waals surface area contributed by atoms with Gasteiger partial charge in [0.05, 0.1) is 6.54 Å². The van der Waals surface area contributed by atoms with Gasteiger partial charge in [-0.25, -0.2) is 8.42 Å². The predicted octanol–water partition coefficient (Wildman–Crippen LogP) is -0.136. The minimum Gasteiger partial charge on any atom is -0.366 e. The molecular weight excluding hydrogens is 282 g/mol. The molecule has 1 aromatic heterocycles. The molecule has 0 aromatic carbocycles. The number of aromatic nitrogens is 1. The molecule has 1 N–H and O–H groups in total. The minimum absolute atomic E-state index is 0.177. The molecule has 1 heterocycles. The molecule has 112 valence electrons. The van der Waals surface area contributed by atoms with Crippen LogP contribution in [0.5, 0.6) is 0 Å². The van der Waals surface area contributed by atoms with Gasteiger partial charge in [0.15, 0.2) is 0 Å². The number of hydrogen-bond acceptors (Lipinski definition) is 4. The molecule has 1 aromatic rings. The third-order valence-corrected chi connectivity index (χ3v) is 4.56. The third kappa shape index (κ3) is 3.67. The third-order valence-electron chi connectivity index (χ3n) is 2.69. The second-order valence-corrected chi connectivity index (χ2v) is 6.41. The Morgan fingerprint density at radius 1 is 1.35 bits per heavy atom. The highest BCUT2D eigenvalue weighted by molar-refractivity contribution is 7.89. The maximum absolute atomic E-state index is 12.4. The molecule has 0 unspecified atom stereocenters. The van der Waals surface area contributed by atoms with E-state index < -0.39 is 15.5 Å². The first-order valence-corrected chi connectivity index (χ1v) is 7.62. The second-order valence-electron chi connectivity index (χ2n) is 4.50. The van der Waals surface area contributed by atoms with Crippen molar-refractivity contribution in [1.82, 2.24) is 14.2 Å². The van der Waals surface area contributed by atoms with E-state index in [2.05, 4.69) is 4.98 Å². The van der Waals surface area contributed by atoms with Crippen LogP contribution >= 0.6 is 0 Å². The average Bonchev–Trinajstić information content (AvgIpc) is 2.38. The minimum atomic E-state index is -3.98. The fraction of sp³-hybridized carbons (Fsp3) is 0.500. The average molecular weight is 301 g/mol. The number of pyridine rings is 1. The highest BCUT2D eigenvalue weighted by atomic mass is 32.2. The zero-order valence-electron chi connectivity index (χ0n) is 11.8. The highest BCUT2D eigenvalue weighted by Gasteiger charge is 2.28. The molecule has 0 spiro atoms. The lowest BCUT2D eigenvalue weighted by Crippen LogP contribution is -2.41. The summed E-state index contributed by atoms with van der Waals surface area (Å²) in [6, 6.07) is 1.14. The molecule has 0 atom stereocenters. The first-order valence-electron chi connectivity index (χ1n) is 6.18. The summed E-state index contributed by atoms with van der Waals surface area (Å²) < 4.78 is 25.9. The summed E-state index contributed by atoms with van der Waals surface area (Å²) >= 11 is 0. The zero-order chi connectivity index (χ0) is 15.3. The van der Waals surface area contributed by atoms with Gasteiger partial charge < -0.3 is 9.88 Å². The summed E-state index contributed by atoms with van der Waals surface area (Å²) in [5, 5.41) is 0. The van der Waals surface area contributed by atoms with E-state index in [9.17, 15) is 18.0 Å². The number of amides is 1. The van der Waals surface area contributed by atoms with Gasteiger partial charge in [-0.3, -0.25) is 9.59 Å². The number of H-pyrrole nitrogens is 1. The Bertz CT molecular complexity index is 622. The van der Waals surface area contributed by atoms with Crippen LogP contribution in [0, 0.1) is 0 Å². The summed E-state index contributed by atoms with van der Waals surface area (Å²) in [5.41, 5.74) is -0.595. The molecule has 0 fully saturated rings. The van der Waals surface area contributed by atoms with E-state index in [0.29, 0.717) is 6.42 Å². The summed E-state index contributed by atoms with van der Waals surface area (Å²) in [6.45, 7) is 1.70. The standard InChI is InChI=1S/C12H19N3O4S/c1-4-7-15(9-12(17)14(2)3)20(18,19)11-8-13-6-5-10(11)16/h5-6,8H,4,7,9H2,1-3H3,(H,13,16). The quantitative estimate of drug-likeness (QED) is 0.792. The van der Waals surface area contributed by atoms with Gasteiger partial charge in [0.25, 0.3) is 0 Å². The monoisotopic (exact) mass is 301 g/mol. The highest BCUT2D eigenvalue weighted by Crippen LogP contribution is 2.11. The van der Waals surface area contributed by atoms with E-state index >= 15 is 0 Å². The molecule has 0 bridgehead atoms. The Morgan fingerprint density at radius 3 is 2.50 bits per heavy atom. The number of carbonyl (C=O) groups excluding carboxylic acids is 1. The maximum Gasteiger partial charge on any atom is 0.248 e. The van der Waals surface area contributed by atoms with E-state index in [1.165, 1.54) is 11.1 Å². The molecule has 1 amide bonds. The Hall–Kier alpha value is -1.67. The lowest BCUT2D eigenvalue weighted by atomic mass is 10.4. The van der Waals surface area contributed by atoms with Gasteiger partial charge in [-0.15, -0.1) is 0 Å². The number of rotatable bonds is 6. The van der Waals surface area contributed by atoms with Crippen LogP contribution in [-0.2, 0) is 14.8 Å². The van der Waals surface area contributed by atoms with Crippen molar-refractivity contribution in [2.45, 2.75) is 18.2 Å². The zero-order valence-corrected chi connectivity index (χ0v) is 12.6. The van der Waals surface area contributed by atoms with Crippen LogP contribution in [0.4, 0.5) is 0 Å². The number of aromatic amines is 1. The van der Waals surface area contributed by atoms with Crippen molar-refractivity contribution in [1.29, 1.82) is 0 Å². The Morgan fingerprint density at radius 2 is 2.00 bits per heavy atom. The van der Waals surface area contributed by atoms with Crippen LogP contribution in [-0.4, -0.2) is 55.7 Å². The molecule has 0 aliphatic carbocycles. The van der Waals surface area contributed by atoms with E-state index in [1.54, 1.807) is 21.0 Å². The van der Waals surface area contributed by atoms with Gasteiger partial charge in [-0.1, -0.05) is 6.92 Å².